The number of rotatable bonds is 3. The van der Waals surface area contributed by atoms with E-state index in [-0.39, 0.29) is 11.7 Å². The molecule has 1 aliphatic heterocycles. The molecule has 10 heteroatoms. The number of nitrogens with zero attached hydrogens (tertiary/aromatic N) is 4. The van der Waals surface area contributed by atoms with E-state index in [1.165, 1.54) is 7.11 Å². The zero-order valence-corrected chi connectivity index (χ0v) is 15.1. The summed E-state index contributed by atoms with van der Waals surface area (Å²) in [6, 6.07) is 5.67. The molecule has 144 valence electrons. The Morgan fingerprint density at radius 1 is 1.15 bits per heavy atom. The van der Waals surface area contributed by atoms with Crippen molar-refractivity contribution in [1.29, 1.82) is 0 Å². The standard InChI is InChI=1S/C17H16ClF3N4O2/c1-27-13-8-11(18)2-3-12(13)16(26)25-6-4-24(5-7-25)15-9-14(17(19,20)21)22-10-23-15/h2-3,8-10H,4-7H2,1H3. The predicted octanol–water partition coefficient (Wildman–Crippen LogP) is 3.12. The first-order valence-corrected chi connectivity index (χ1v) is 8.44. The highest BCUT2D eigenvalue weighted by Crippen LogP contribution is 2.29. The summed E-state index contributed by atoms with van der Waals surface area (Å²) in [5, 5.41) is 0.456. The van der Waals surface area contributed by atoms with Crippen LogP contribution in [0, 0.1) is 0 Å². The highest BCUT2D eigenvalue weighted by Gasteiger charge is 2.33. The molecule has 1 aliphatic rings. The third kappa shape index (κ3) is 4.24. The molecule has 0 bridgehead atoms. The minimum Gasteiger partial charge on any atom is -0.496 e. The molecule has 1 aromatic heterocycles. The first kappa shape index (κ1) is 19.2. The quantitative estimate of drug-likeness (QED) is 0.792. The number of benzene rings is 1. The zero-order valence-electron chi connectivity index (χ0n) is 14.3. The summed E-state index contributed by atoms with van der Waals surface area (Å²) in [6.45, 7) is 1.40. The van der Waals surface area contributed by atoms with Gasteiger partial charge < -0.3 is 14.5 Å². The van der Waals surface area contributed by atoms with Crippen LogP contribution in [0.1, 0.15) is 16.1 Å². The fraction of sp³-hybridized carbons (Fsp3) is 0.353. The molecule has 1 fully saturated rings. The number of aromatic nitrogens is 2. The van der Waals surface area contributed by atoms with Crippen molar-refractivity contribution in [3.63, 3.8) is 0 Å². The van der Waals surface area contributed by atoms with Crippen molar-refractivity contribution in [1.82, 2.24) is 14.9 Å². The minimum atomic E-state index is -4.53. The largest absolute Gasteiger partial charge is 0.496 e. The Kier molecular flexibility index (Phi) is 5.41. The van der Waals surface area contributed by atoms with Gasteiger partial charge in [0.1, 0.15) is 23.6 Å². The van der Waals surface area contributed by atoms with Crippen LogP contribution in [0.4, 0.5) is 19.0 Å². The number of hydrogen-bond donors (Lipinski definition) is 0. The molecule has 0 spiro atoms. The summed E-state index contributed by atoms with van der Waals surface area (Å²) in [6.07, 6.45) is -3.63. The van der Waals surface area contributed by atoms with Crippen LogP contribution in [0.2, 0.25) is 5.02 Å². The lowest BCUT2D eigenvalue weighted by Crippen LogP contribution is -2.49. The molecular formula is C17H16ClF3N4O2. The van der Waals surface area contributed by atoms with Crippen LogP contribution in [-0.2, 0) is 6.18 Å². The number of piperazine rings is 1. The maximum absolute atomic E-state index is 12.8. The highest BCUT2D eigenvalue weighted by molar-refractivity contribution is 6.30. The third-order valence-corrected chi connectivity index (χ3v) is 4.46. The Balaban J connectivity index is 1.70. The number of alkyl halides is 3. The van der Waals surface area contributed by atoms with E-state index >= 15 is 0 Å². The van der Waals surface area contributed by atoms with Gasteiger partial charge in [-0.3, -0.25) is 4.79 Å². The summed E-state index contributed by atoms with van der Waals surface area (Å²) in [5.41, 5.74) is -0.603. The maximum atomic E-state index is 12.8. The monoisotopic (exact) mass is 400 g/mol. The van der Waals surface area contributed by atoms with Gasteiger partial charge in [0, 0.05) is 37.3 Å². The van der Waals surface area contributed by atoms with Gasteiger partial charge in [0.05, 0.1) is 12.7 Å². The van der Waals surface area contributed by atoms with Crippen LogP contribution >= 0.6 is 11.6 Å². The average Bonchev–Trinajstić information content (AvgIpc) is 2.67. The summed E-state index contributed by atoms with van der Waals surface area (Å²) in [7, 11) is 1.45. The summed E-state index contributed by atoms with van der Waals surface area (Å²) >= 11 is 5.91. The van der Waals surface area contributed by atoms with Gasteiger partial charge in [0.25, 0.3) is 5.91 Å². The molecule has 27 heavy (non-hydrogen) atoms. The number of hydrogen-bond acceptors (Lipinski definition) is 5. The number of carbonyl (C=O) groups is 1. The first-order chi connectivity index (χ1) is 12.8. The smallest absolute Gasteiger partial charge is 0.433 e. The Labute approximate surface area is 158 Å². The lowest BCUT2D eigenvalue weighted by atomic mass is 10.1. The van der Waals surface area contributed by atoms with Crippen LogP contribution < -0.4 is 9.64 Å². The average molecular weight is 401 g/mol. The van der Waals surface area contributed by atoms with Gasteiger partial charge in [-0.15, -0.1) is 0 Å². The van der Waals surface area contributed by atoms with Crippen molar-refractivity contribution in [2.45, 2.75) is 6.18 Å². The van der Waals surface area contributed by atoms with Crippen LogP contribution in [-0.4, -0.2) is 54.1 Å². The van der Waals surface area contributed by atoms with E-state index < -0.39 is 11.9 Å². The zero-order chi connectivity index (χ0) is 19.6. The second-order valence-corrected chi connectivity index (χ2v) is 6.32. The summed E-state index contributed by atoms with van der Waals surface area (Å²) < 4.78 is 43.6. The number of ether oxygens (including phenoxy) is 1. The molecule has 0 saturated carbocycles. The third-order valence-electron chi connectivity index (χ3n) is 4.23. The fourth-order valence-corrected chi connectivity index (χ4v) is 2.99. The van der Waals surface area contributed by atoms with Crippen molar-refractivity contribution in [3.05, 3.63) is 46.9 Å². The van der Waals surface area contributed by atoms with E-state index in [1.54, 1.807) is 28.0 Å². The normalized spacial score (nSPS) is 15.0. The molecule has 0 unspecified atom stereocenters. The summed E-state index contributed by atoms with van der Waals surface area (Å²) in [5.74, 6) is 0.343. The summed E-state index contributed by atoms with van der Waals surface area (Å²) in [4.78, 5) is 23.2. The maximum Gasteiger partial charge on any atom is 0.433 e. The van der Waals surface area contributed by atoms with Gasteiger partial charge in [-0.25, -0.2) is 9.97 Å². The molecule has 0 aliphatic carbocycles. The molecule has 6 nitrogen and oxygen atoms in total. The van der Waals surface area contributed by atoms with Crippen LogP contribution in [0.3, 0.4) is 0 Å². The number of anilines is 1. The molecule has 1 saturated heterocycles. The molecule has 0 radical (unpaired) electrons. The van der Waals surface area contributed by atoms with Gasteiger partial charge >= 0.3 is 6.18 Å². The predicted molar refractivity (Wildman–Crippen MR) is 93.2 cm³/mol. The molecule has 2 heterocycles. The minimum absolute atomic E-state index is 0.188. The molecule has 2 aromatic rings. The van der Waals surface area contributed by atoms with Crippen LogP contribution in [0.5, 0.6) is 5.75 Å². The van der Waals surface area contributed by atoms with E-state index in [2.05, 4.69) is 9.97 Å². The lowest BCUT2D eigenvalue weighted by molar-refractivity contribution is -0.141. The van der Waals surface area contributed by atoms with E-state index in [1.807, 2.05) is 0 Å². The van der Waals surface area contributed by atoms with E-state index in [4.69, 9.17) is 16.3 Å². The Morgan fingerprint density at radius 2 is 1.85 bits per heavy atom. The second kappa shape index (κ2) is 7.59. The highest BCUT2D eigenvalue weighted by atomic mass is 35.5. The number of carbonyl (C=O) groups excluding carboxylic acids is 1. The SMILES string of the molecule is COc1cc(Cl)ccc1C(=O)N1CCN(c2cc(C(F)(F)F)ncn2)CC1. The Morgan fingerprint density at radius 3 is 2.48 bits per heavy atom. The molecule has 0 N–H and O–H groups in total. The van der Waals surface area contributed by atoms with Gasteiger partial charge in [-0.1, -0.05) is 11.6 Å². The Bertz CT molecular complexity index is 839. The van der Waals surface area contributed by atoms with Crippen LogP contribution in [0.25, 0.3) is 0 Å². The van der Waals surface area contributed by atoms with Gasteiger partial charge in [0.15, 0.2) is 0 Å². The van der Waals surface area contributed by atoms with E-state index in [0.29, 0.717) is 42.5 Å². The number of methoxy groups -OCH3 is 1. The number of halogens is 4. The van der Waals surface area contributed by atoms with Crippen molar-refractivity contribution >= 4 is 23.3 Å². The first-order valence-electron chi connectivity index (χ1n) is 8.06. The van der Waals surface area contributed by atoms with Gasteiger partial charge in [-0.05, 0) is 18.2 Å². The van der Waals surface area contributed by atoms with Crippen molar-refractivity contribution in [2.75, 3.05) is 38.2 Å². The van der Waals surface area contributed by atoms with E-state index in [0.717, 1.165) is 12.4 Å². The van der Waals surface area contributed by atoms with Gasteiger partial charge in [-0.2, -0.15) is 13.2 Å². The number of amides is 1. The van der Waals surface area contributed by atoms with Crippen molar-refractivity contribution < 1.29 is 22.7 Å². The molecular weight excluding hydrogens is 385 g/mol. The topological polar surface area (TPSA) is 58.6 Å². The van der Waals surface area contributed by atoms with Crippen LogP contribution in [0.15, 0.2) is 30.6 Å². The van der Waals surface area contributed by atoms with Gasteiger partial charge in [0.2, 0.25) is 0 Å². The Hall–Kier alpha value is -2.55. The van der Waals surface area contributed by atoms with E-state index in [9.17, 15) is 18.0 Å². The lowest BCUT2D eigenvalue weighted by Gasteiger charge is -2.35. The second-order valence-electron chi connectivity index (χ2n) is 5.88. The fourth-order valence-electron chi connectivity index (χ4n) is 2.83. The molecule has 3 rings (SSSR count). The van der Waals surface area contributed by atoms with Crippen molar-refractivity contribution in [2.24, 2.45) is 0 Å². The molecule has 0 atom stereocenters. The molecule has 1 aromatic carbocycles. The molecule has 1 amide bonds. The van der Waals surface area contributed by atoms with Crippen molar-refractivity contribution in [3.8, 4) is 5.75 Å².